The third kappa shape index (κ3) is 4.01. The first-order chi connectivity index (χ1) is 13.7. The molecule has 0 spiro atoms. The van der Waals surface area contributed by atoms with Crippen molar-refractivity contribution in [2.75, 3.05) is 24.0 Å². The second kappa shape index (κ2) is 7.91. The first kappa shape index (κ1) is 17.7. The van der Waals surface area contributed by atoms with E-state index in [1.165, 1.54) is 6.07 Å². The molecule has 2 N–H and O–H groups in total. The fraction of sp³-hybridized carbons (Fsp3) is 0.150. The monoisotopic (exact) mass is 380 g/mol. The standard InChI is InChI=1S/C20H17FN4O3/c21-15-4-2-1-3-13(15)9-10-22-19-8-6-16(24-25-19)20(26)23-14-5-7-17-18(11-14)28-12-27-17/h1-8,11H,9-10,12H2,(H,22,25)(H,23,26). The van der Waals surface area contributed by atoms with Gasteiger partial charge in [0.15, 0.2) is 17.2 Å². The number of ether oxygens (including phenoxy) is 2. The SMILES string of the molecule is O=C(Nc1ccc2c(c1)OCO2)c1ccc(NCCc2ccccc2F)nn1. The molecule has 0 atom stereocenters. The van der Waals surface area contributed by atoms with Crippen LogP contribution in [0.15, 0.2) is 54.6 Å². The minimum Gasteiger partial charge on any atom is -0.454 e. The van der Waals surface area contributed by atoms with Crippen molar-refractivity contribution in [2.24, 2.45) is 0 Å². The van der Waals surface area contributed by atoms with Crippen LogP contribution in [0.2, 0.25) is 0 Å². The van der Waals surface area contributed by atoms with E-state index < -0.39 is 0 Å². The number of halogens is 1. The number of carbonyl (C=O) groups is 1. The van der Waals surface area contributed by atoms with E-state index in [4.69, 9.17) is 9.47 Å². The highest BCUT2D eigenvalue weighted by Gasteiger charge is 2.15. The van der Waals surface area contributed by atoms with Crippen LogP contribution in [0.25, 0.3) is 0 Å². The molecule has 0 saturated carbocycles. The van der Waals surface area contributed by atoms with Crippen LogP contribution >= 0.6 is 0 Å². The number of aromatic nitrogens is 2. The molecular formula is C20H17FN4O3. The van der Waals surface area contributed by atoms with Gasteiger partial charge in [-0.3, -0.25) is 4.79 Å². The number of nitrogens with one attached hydrogen (secondary N) is 2. The van der Waals surface area contributed by atoms with Crippen molar-refractivity contribution in [3.05, 3.63) is 71.7 Å². The lowest BCUT2D eigenvalue weighted by atomic mass is 10.1. The van der Waals surface area contributed by atoms with Crippen LogP contribution in [-0.4, -0.2) is 29.4 Å². The van der Waals surface area contributed by atoms with Gasteiger partial charge in [-0.2, -0.15) is 0 Å². The first-order valence-corrected chi connectivity index (χ1v) is 8.71. The van der Waals surface area contributed by atoms with Gasteiger partial charge in [0.25, 0.3) is 5.91 Å². The van der Waals surface area contributed by atoms with Crippen LogP contribution in [0.5, 0.6) is 11.5 Å². The van der Waals surface area contributed by atoms with Gasteiger partial charge < -0.3 is 20.1 Å². The Bertz CT molecular complexity index is 995. The maximum absolute atomic E-state index is 13.6. The van der Waals surface area contributed by atoms with Gasteiger partial charge >= 0.3 is 0 Å². The number of hydrogen-bond acceptors (Lipinski definition) is 6. The smallest absolute Gasteiger partial charge is 0.276 e. The molecule has 1 aliphatic rings. The Morgan fingerprint density at radius 3 is 2.71 bits per heavy atom. The molecule has 28 heavy (non-hydrogen) atoms. The molecule has 1 aliphatic heterocycles. The highest BCUT2D eigenvalue weighted by molar-refractivity contribution is 6.03. The molecule has 142 valence electrons. The van der Waals surface area contributed by atoms with E-state index in [9.17, 15) is 9.18 Å². The molecule has 1 amide bonds. The molecule has 3 aromatic rings. The molecular weight excluding hydrogens is 363 g/mol. The van der Waals surface area contributed by atoms with E-state index in [-0.39, 0.29) is 24.2 Å². The van der Waals surface area contributed by atoms with Gasteiger partial charge in [-0.25, -0.2) is 4.39 Å². The summed E-state index contributed by atoms with van der Waals surface area (Å²) in [6.45, 7) is 0.669. The van der Waals surface area contributed by atoms with E-state index in [1.54, 1.807) is 48.5 Å². The zero-order valence-corrected chi connectivity index (χ0v) is 14.8. The van der Waals surface area contributed by atoms with Gasteiger partial charge in [0.1, 0.15) is 11.6 Å². The predicted octanol–water partition coefficient (Wildman–Crippen LogP) is 3.25. The Morgan fingerprint density at radius 2 is 1.89 bits per heavy atom. The number of fused-ring (bicyclic) bond motifs is 1. The third-order valence-corrected chi connectivity index (χ3v) is 4.19. The Hall–Kier alpha value is -3.68. The number of benzene rings is 2. The van der Waals surface area contributed by atoms with E-state index >= 15 is 0 Å². The number of amides is 1. The summed E-state index contributed by atoms with van der Waals surface area (Å²) in [5.74, 6) is 1.12. The van der Waals surface area contributed by atoms with Crippen molar-refractivity contribution in [3.8, 4) is 11.5 Å². The largest absolute Gasteiger partial charge is 0.454 e. The zero-order valence-electron chi connectivity index (χ0n) is 14.8. The third-order valence-electron chi connectivity index (χ3n) is 4.19. The molecule has 0 bridgehead atoms. The maximum Gasteiger partial charge on any atom is 0.276 e. The molecule has 7 nitrogen and oxygen atoms in total. The average Bonchev–Trinajstić information content (AvgIpc) is 3.18. The summed E-state index contributed by atoms with van der Waals surface area (Å²) in [6.07, 6.45) is 0.515. The first-order valence-electron chi connectivity index (χ1n) is 8.71. The van der Waals surface area contributed by atoms with Gasteiger partial charge in [-0.1, -0.05) is 18.2 Å². The predicted molar refractivity (Wildman–Crippen MR) is 101 cm³/mol. The fourth-order valence-electron chi connectivity index (χ4n) is 2.74. The number of rotatable bonds is 6. The normalized spacial score (nSPS) is 11.9. The summed E-state index contributed by atoms with van der Waals surface area (Å²) in [6, 6.07) is 15.0. The number of anilines is 2. The van der Waals surface area contributed by atoms with Crippen LogP contribution in [0.1, 0.15) is 16.1 Å². The van der Waals surface area contributed by atoms with E-state index in [0.29, 0.717) is 41.5 Å². The van der Waals surface area contributed by atoms with Crippen molar-refractivity contribution >= 4 is 17.4 Å². The minimum absolute atomic E-state index is 0.170. The summed E-state index contributed by atoms with van der Waals surface area (Å²) in [7, 11) is 0. The zero-order chi connectivity index (χ0) is 19.3. The van der Waals surface area contributed by atoms with Crippen LogP contribution < -0.4 is 20.1 Å². The van der Waals surface area contributed by atoms with Gasteiger partial charge in [-0.05, 0) is 42.3 Å². The number of hydrogen-bond donors (Lipinski definition) is 2. The van der Waals surface area contributed by atoms with Crippen molar-refractivity contribution in [1.82, 2.24) is 10.2 Å². The molecule has 0 aliphatic carbocycles. The molecule has 8 heteroatoms. The molecule has 4 rings (SSSR count). The van der Waals surface area contributed by atoms with E-state index in [0.717, 1.165) is 0 Å². The maximum atomic E-state index is 13.6. The lowest BCUT2D eigenvalue weighted by molar-refractivity contribution is 0.102. The Kier molecular flexibility index (Phi) is 5.01. The second-order valence-corrected chi connectivity index (χ2v) is 6.09. The van der Waals surface area contributed by atoms with Crippen molar-refractivity contribution in [2.45, 2.75) is 6.42 Å². The van der Waals surface area contributed by atoms with Crippen molar-refractivity contribution in [3.63, 3.8) is 0 Å². The topological polar surface area (TPSA) is 85.4 Å². The quantitative estimate of drug-likeness (QED) is 0.683. The van der Waals surface area contributed by atoms with Crippen LogP contribution in [0, 0.1) is 5.82 Å². The Balaban J connectivity index is 1.32. The van der Waals surface area contributed by atoms with Crippen molar-refractivity contribution in [1.29, 1.82) is 0 Å². The Labute approximate surface area is 160 Å². The summed E-state index contributed by atoms with van der Waals surface area (Å²) < 4.78 is 24.1. The second-order valence-electron chi connectivity index (χ2n) is 6.09. The van der Waals surface area contributed by atoms with E-state index in [1.807, 2.05) is 0 Å². The van der Waals surface area contributed by atoms with Crippen molar-refractivity contribution < 1.29 is 18.7 Å². The van der Waals surface area contributed by atoms with Gasteiger partial charge in [-0.15, -0.1) is 10.2 Å². The lowest BCUT2D eigenvalue weighted by Gasteiger charge is -2.07. The van der Waals surface area contributed by atoms with E-state index in [2.05, 4.69) is 20.8 Å². The summed E-state index contributed by atoms with van der Waals surface area (Å²) in [4.78, 5) is 12.3. The summed E-state index contributed by atoms with van der Waals surface area (Å²) in [5.41, 5.74) is 1.38. The van der Waals surface area contributed by atoms with Gasteiger partial charge in [0.05, 0.1) is 0 Å². The molecule has 0 fully saturated rings. The number of carbonyl (C=O) groups excluding carboxylic acids is 1. The highest BCUT2D eigenvalue weighted by atomic mass is 19.1. The highest BCUT2D eigenvalue weighted by Crippen LogP contribution is 2.34. The van der Waals surface area contributed by atoms with Crippen LogP contribution in [-0.2, 0) is 6.42 Å². The van der Waals surface area contributed by atoms with Gasteiger partial charge in [0.2, 0.25) is 6.79 Å². The molecule has 0 unspecified atom stereocenters. The minimum atomic E-state index is -0.385. The lowest BCUT2D eigenvalue weighted by Crippen LogP contribution is -2.15. The average molecular weight is 380 g/mol. The molecule has 0 radical (unpaired) electrons. The van der Waals surface area contributed by atoms with Gasteiger partial charge in [0, 0.05) is 18.3 Å². The molecule has 1 aromatic heterocycles. The summed E-state index contributed by atoms with van der Waals surface area (Å²) in [5, 5.41) is 13.7. The van der Waals surface area contributed by atoms with Crippen LogP contribution in [0.3, 0.4) is 0 Å². The summed E-state index contributed by atoms with van der Waals surface area (Å²) >= 11 is 0. The molecule has 0 saturated heterocycles. The number of nitrogens with zero attached hydrogens (tertiary/aromatic N) is 2. The Morgan fingerprint density at radius 1 is 1.04 bits per heavy atom. The fourth-order valence-corrected chi connectivity index (χ4v) is 2.74. The van der Waals surface area contributed by atoms with Crippen LogP contribution in [0.4, 0.5) is 15.9 Å². The molecule has 2 heterocycles. The molecule has 2 aromatic carbocycles.